The maximum atomic E-state index is 4.72. The fourth-order valence-corrected chi connectivity index (χ4v) is 4.51. The van der Waals surface area contributed by atoms with Crippen LogP contribution in [0.4, 0.5) is 5.69 Å². The number of pyridine rings is 1. The average Bonchev–Trinajstić information content (AvgIpc) is 2.99. The van der Waals surface area contributed by atoms with Gasteiger partial charge in [-0.2, -0.15) is 11.8 Å². The number of aromatic nitrogens is 2. The average molecular weight is 302 g/mol. The minimum atomic E-state index is 0.622. The molecule has 2 saturated heterocycles. The predicted molar refractivity (Wildman–Crippen MR) is 89.6 cm³/mol. The molecule has 0 radical (unpaired) electrons. The van der Waals surface area contributed by atoms with E-state index in [0.717, 1.165) is 26.2 Å². The van der Waals surface area contributed by atoms with Gasteiger partial charge in [0.25, 0.3) is 0 Å². The summed E-state index contributed by atoms with van der Waals surface area (Å²) in [6.45, 7) is 4.34. The van der Waals surface area contributed by atoms with Crippen LogP contribution in [0.1, 0.15) is 24.6 Å². The summed E-state index contributed by atoms with van der Waals surface area (Å²) in [6.07, 6.45) is 6.86. The third kappa shape index (κ3) is 2.64. The fourth-order valence-electron chi connectivity index (χ4n) is 3.37. The van der Waals surface area contributed by atoms with E-state index in [1.807, 2.05) is 6.20 Å². The topological polar surface area (TPSA) is 32.6 Å². The summed E-state index contributed by atoms with van der Waals surface area (Å²) in [5, 5.41) is 3.41. The molecule has 0 saturated carbocycles. The second-order valence-electron chi connectivity index (χ2n) is 5.95. The number of hydrogen-bond acceptors (Lipinski definition) is 4. The Morgan fingerprint density at radius 2 is 2.19 bits per heavy atom. The zero-order chi connectivity index (χ0) is 14.1. The summed E-state index contributed by atoms with van der Waals surface area (Å²) in [6, 6.07) is 4.54. The lowest BCUT2D eigenvalue weighted by atomic mass is 10.1. The number of hydrogen-bond donors (Lipinski definition) is 1. The second-order valence-corrected chi connectivity index (χ2v) is 7.10. The van der Waals surface area contributed by atoms with Crippen LogP contribution in [0.2, 0.25) is 0 Å². The van der Waals surface area contributed by atoms with Crippen molar-refractivity contribution in [1.29, 1.82) is 0 Å². The summed E-state index contributed by atoms with van der Waals surface area (Å²) in [5.41, 5.74) is 2.56. The molecule has 4 heterocycles. The molecule has 2 fully saturated rings. The zero-order valence-corrected chi connectivity index (χ0v) is 13.1. The van der Waals surface area contributed by atoms with Gasteiger partial charge in [-0.05, 0) is 30.7 Å². The summed E-state index contributed by atoms with van der Waals surface area (Å²) >= 11 is 2.07. The molecule has 2 aliphatic heterocycles. The van der Waals surface area contributed by atoms with Crippen LogP contribution in [0.15, 0.2) is 24.5 Å². The van der Waals surface area contributed by atoms with Crippen molar-refractivity contribution in [2.75, 3.05) is 42.6 Å². The largest absolute Gasteiger partial charge is 0.369 e. The normalized spacial score (nSPS) is 23.6. The van der Waals surface area contributed by atoms with Gasteiger partial charge in [0.05, 0.1) is 11.7 Å². The lowest BCUT2D eigenvalue weighted by Gasteiger charge is -2.29. The lowest BCUT2D eigenvalue weighted by Crippen LogP contribution is -2.43. The minimum Gasteiger partial charge on any atom is -0.369 e. The van der Waals surface area contributed by atoms with E-state index >= 15 is 0 Å². The van der Waals surface area contributed by atoms with E-state index in [2.05, 4.69) is 44.7 Å². The van der Waals surface area contributed by atoms with Crippen molar-refractivity contribution in [2.45, 2.75) is 18.8 Å². The smallest absolute Gasteiger partial charge is 0.117 e. The van der Waals surface area contributed by atoms with Crippen molar-refractivity contribution < 1.29 is 0 Å². The van der Waals surface area contributed by atoms with Gasteiger partial charge in [0.2, 0.25) is 0 Å². The van der Waals surface area contributed by atoms with Gasteiger partial charge in [-0.1, -0.05) is 0 Å². The summed E-state index contributed by atoms with van der Waals surface area (Å²) < 4.78 is 2.29. The van der Waals surface area contributed by atoms with E-state index < -0.39 is 0 Å². The fraction of sp³-hybridized carbons (Fsp3) is 0.562. The molecule has 1 atom stereocenters. The van der Waals surface area contributed by atoms with Gasteiger partial charge in [-0.25, -0.2) is 4.98 Å². The molecule has 21 heavy (non-hydrogen) atoms. The highest BCUT2D eigenvalue weighted by molar-refractivity contribution is 7.99. The molecule has 0 bridgehead atoms. The monoisotopic (exact) mass is 302 g/mol. The van der Waals surface area contributed by atoms with E-state index in [9.17, 15) is 0 Å². The lowest BCUT2D eigenvalue weighted by molar-refractivity contribution is 0.589. The Labute approximate surface area is 129 Å². The summed E-state index contributed by atoms with van der Waals surface area (Å²) in [4.78, 5) is 7.18. The Kier molecular flexibility index (Phi) is 3.78. The van der Waals surface area contributed by atoms with Gasteiger partial charge in [0.15, 0.2) is 0 Å². The number of nitrogens with one attached hydrogen (secondary N) is 1. The Morgan fingerprint density at radius 3 is 3.00 bits per heavy atom. The van der Waals surface area contributed by atoms with Crippen LogP contribution in [0, 0.1) is 0 Å². The Morgan fingerprint density at radius 1 is 1.29 bits per heavy atom. The number of fused-ring (bicyclic) bond motifs is 1. The van der Waals surface area contributed by atoms with Gasteiger partial charge in [-0.15, -0.1) is 0 Å². The van der Waals surface area contributed by atoms with Crippen molar-refractivity contribution in [2.24, 2.45) is 0 Å². The second kappa shape index (κ2) is 5.89. The van der Waals surface area contributed by atoms with Crippen molar-refractivity contribution in [3.05, 3.63) is 30.4 Å². The summed E-state index contributed by atoms with van der Waals surface area (Å²) in [7, 11) is 0. The van der Waals surface area contributed by atoms with Crippen LogP contribution in [-0.2, 0) is 0 Å². The molecular weight excluding hydrogens is 280 g/mol. The third-order valence-corrected chi connectivity index (χ3v) is 5.77. The molecule has 2 aromatic heterocycles. The highest BCUT2D eigenvalue weighted by atomic mass is 32.2. The van der Waals surface area contributed by atoms with Crippen molar-refractivity contribution in [3.63, 3.8) is 0 Å². The maximum Gasteiger partial charge on any atom is 0.117 e. The first kappa shape index (κ1) is 13.5. The Bertz CT molecular complexity index is 612. The van der Waals surface area contributed by atoms with Crippen molar-refractivity contribution in [3.8, 4) is 0 Å². The van der Waals surface area contributed by atoms with Crippen molar-refractivity contribution in [1.82, 2.24) is 14.7 Å². The van der Waals surface area contributed by atoms with E-state index in [4.69, 9.17) is 4.98 Å². The molecular formula is C16H22N4S. The van der Waals surface area contributed by atoms with Gasteiger partial charge < -0.3 is 14.6 Å². The molecule has 112 valence electrons. The van der Waals surface area contributed by atoms with Crippen molar-refractivity contribution >= 4 is 23.0 Å². The van der Waals surface area contributed by atoms with E-state index in [1.54, 1.807) is 0 Å². The van der Waals surface area contributed by atoms with Crippen LogP contribution in [0.25, 0.3) is 5.52 Å². The molecule has 1 unspecified atom stereocenters. The van der Waals surface area contributed by atoms with Gasteiger partial charge in [-0.3, -0.25) is 0 Å². The third-order valence-electron chi connectivity index (χ3n) is 4.55. The first-order valence-corrected chi connectivity index (χ1v) is 9.08. The number of anilines is 1. The molecule has 4 rings (SSSR count). The highest BCUT2D eigenvalue weighted by Crippen LogP contribution is 2.31. The van der Waals surface area contributed by atoms with Gasteiger partial charge >= 0.3 is 0 Å². The summed E-state index contributed by atoms with van der Waals surface area (Å²) in [5.74, 6) is 4.41. The molecule has 0 aliphatic carbocycles. The van der Waals surface area contributed by atoms with E-state index in [0.29, 0.717) is 5.92 Å². The molecule has 4 nitrogen and oxygen atoms in total. The maximum absolute atomic E-state index is 4.72. The van der Waals surface area contributed by atoms with Crippen LogP contribution in [0.5, 0.6) is 0 Å². The Balaban J connectivity index is 1.63. The van der Waals surface area contributed by atoms with Crippen LogP contribution >= 0.6 is 11.8 Å². The van der Waals surface area contributed by atoms with E-state index in [1.165, 1.54) is 41.4 Å². The Hall–Kier alpha value is -1.20. The molecule has 1 N–H and O–H groups in total. The highest BCUT2D eigenvalue weighted by Gasteiger charge is 2.20. The first-order valence-electron chi connectivity index (χ1n) is 7.92. The standard InChI is InChI=1S/C16H22N4S/c1-2-13(12-21-9-1)16-18-11-15-10-14(3-6-20(15)16)19-7-4-17-5-8-19/h3,6,10-11,13,17H,1-2,4-5,7-9,12H2. The molecule has 2 aliphatic rings. The van der Waals surface area contributed by atoms with Gasteiger partial charge in [0.1, 0.15) is 5.82 Å². The predicted octanol–water partition coefficient (Wildman–Crippen LogP) is 2.35. The van der Waals surface area contributed by atoms with Crippen LogP contribution in [-0.4, -0.2) is 47.1 Å². The quantitative estimate of drug-likeness (QED) is 0.923. The zero-order valence-electron chi connectivity index (χ0n) is 12.3. The SMILES string of the molecule is c1cn2c(C3CCCSC3)ncc2cc1N1CCNCC1. The van der Waals surface area contributed by atoms with Crippen LogP contribution in [0.3, 0.4) is 0 Å². The van der Waals surface area contributed by atoms with Crippen LogP contribution < -0.4 is 10.2 Å². The number of rotatable bonds is 2. The minimum absolute atomic E-state index is 0.622. The molecule has 0 spiro atoms. The van der Waals surface area contributed by atoms with E-state index in [-0.39, 0.29) is 0 Å². The molecule has 0 aromatic carbocycles. The van der Waals surface area contributed by atoms with Gasteiger partial charge in [0, 0.05) is 49.7 Å². The number of imidazole rings is 1. The number of piperazine rings is 1. The first-order chi connectivity index (χ1) is 10.4. The molecule has 0 amide bonds. The number of thioether (sulfide) groups is 1. The number of nitrogens with zero attached hydrogens (tertiary/aromatic N) is 3. The molecule has 2 aromatic rings. The molecule has 5 heteroatoms.